The fraction of sp³-hybridized carbons (Fsp3) is 0.500. The van der Waals surface area contributed by atoms with Gasteiger partial charge in [-0.2, -0.15) is 0 Å². The van der Waals surface area contributed by atoms with Crippen molar-refractivity contribution in [3.63, 3.8) is 0 Å². The first kappa shape index (κ1) is 17.9. The van der Waals surface area contributed by atoms with Crippen LogP contribution in [0.15, 0.2) is 27.6 Å². The van der Waals surface area contributed by atoms with Crippen LogP contribution in [0.2, 0.25) is 0 Å². The summed E-state index contributed by atoms with van der Waals surface area (Å²) in [6.07, 6.45) is 5.05. The van der Waals surface area contributed by atoms with Crippen molar-refractivity contribution in [1.82, 2.24) is 9.88 Å². The Hall–Kier alpha value is -1.86. The van der Waals surface area contributed by atoms with Gasteiger partial charge in [-0.3, -0.25) is 0 Å². The number of nitrogens with one attached hydrogen (secondary N) is 1. The molecule has 1 aliphatic carbocycles. The van der Waals surface area contributed by atoms with E-state index in [0.29, 0.717) is 11.5 Å². The minimum absolute atomic E-state index is 0.00817. The number of nitrogens with zero attached hydrogens (tertiary/aromatic N) is 1. The van der Waals surface area contributed by atoms with Gasteiger partial charge in [0.15, 0.2) is 0 Å². The topological polar surface area (TPSA) is 81.4 Å². The Balaban J connectivity index is 2.00. The fourth-order valence-electron chi connectivity index (χ4n) is 3.44. The maximum atomic E-state index is 12.9. The normalized spacial score (nSPS) is 16.1. The minimum atomic E-state index is -3.67. The lowest BCUT2D eigenvalue weighted by atomic mass is 9.96. The molecule has 25 heavy (non-hydrogen) atoms. The summed E-state index contributed by atoms with van der Waals surface area (Å²) in [5.41, 5.74) is 2.30. The number of hydrogen-bond donors (Lipinski definition) is 1. The van der Waals surface area contributed by atoms with E-state index in [1.54, 1.807) is 12.1 Å². The second-order valence-electron chi connectivity index (χ2n) is 6.52. The molecule has 1 heterocycles. The van der Waals surface area contributed by atoms with E-state index in [4.69, 9.17) is 9.26 Å². The molecule has 0 atom stereocenters. The minimum Gasteiger partial charge on any atom is -0.495 e. The van der Waals surface area contributed by atoms with Crippen LogP contribution in [0.3, 0.4) is 0 Å². The zero-order chi connectivity index (χ0) is 18.0. The van der Waals surface area contributed by atoms with Crippen LogP contribution in [0.25, 0.3) is 11.1 Å². The Morgan fingerprint density at radius 3 is 2.52 bits per heavy atom. The smallest absolute Gasteiger partial charge is 0.244 e. The lowest BCUT2D eigenvalue weighted by Gasteiger charge is -2.23. The third kappa shape index (κ3) is 3.72. The van der Waals surface area contributed by atoms with E-state index in [1.807, 2.05) is 19.9 Å². The maximum Gasteiger partial charge on any atom is 0.244 e. The Labute approximate surface area is 148 Å². The van der Waals surface area contributed by atoms with Crippen LogP contribution in [0, 0.1) is 13.8 Å². The van der Waals surface area contributed by atoms with Gasteiger partial charge in [0, 0.05) is 11.6 Å². The van der Waals surface area contributed by atoms with Crippen LogP contribution in [-0.2, 0) is 10.0 Å². The van der Waals surface area contributed by atoms with E-state index >= 15 is 0 Å². The van der Waals surface area contributed by atoms with Gasteiger partial charge in [-0.05, 0) is 44.4 Å². The number of methoxy groups -OCH3 is 1. The number of benzene rings is 1. The molecular weight excluding hydrogens is 340 g/mol. The fourth-order valence-corrected chi connectivity index (χ4v) is 4.94. The van der Waals surface area contributed by atoms with E-state index in [2.05, 4.69) is 9.88 Å². The first-order valence-electron chi connectivity index (χ1n) is 8.56. The van der Waals surface area contributed by atoms with Crippen molar-refractivity contribution in [3.8, 4) is 16.9 Å². The molecule has 0 aliphatic heterocycles. The summed E-state index contributed by atoms with van der Waals surface area (Å²) < 4.78 is 39.2. The van der Waals surface area contributed by atoms with E-state index in [9.17, 15) is 8.42 Å². The van der Waals surface area contributed by atoms with E-state index < -0.39 is 10.0 Å². The van der Waals surface area contributed by atoms with E-state index in [-0.39, 0.29) is 10.9 Å². The summed E-state index contributed by atoms with van der Waals surface area (Å²) in [4.78, 5) is 0.151. The number of ether oxygens (including phenoxy) is 1. The molecular formula is C18H24N2O4S. The van der Waals surface area contributed by atoms with Crippen molar-refractivity contribution in [1.29, 1.82) is 0 Å². The molecule has 0 spiro atoms. The molecule has 1 fully saturated rings. The highest BCUT2D eigenvalue weighted by Crippen LogP contribution is 2.33. The summed E-state index contributed by atoms with van der Waals surface area (Å²) in [6.45, 7) is 3.65. The maximum absolute atomic E-state index is 12.9. The van der Waals surface area contributed by atoms with Crippen molar-refractivity contribution < 1.29 is 17.7 Å². The molecule has 3 rings (SSSR count). The van der Waals surface area contributed by atoms with Gasteiger partial charge in [0.05, 0.1) is 12.8 Å². The van der Waals surface area contributed by atoms with Crippen LogP contribution in [0.4, 0.5) is 0 Å². The van der Waals surface area contributed by atoms with Crippen LogP contribution in [-0.4, -0.2) is 26.7 Å². The molecule has 6 nitrogen and oxygen atoms in total. The first-order chi connectivity index (χ1) is 11.9. The van der Waals surface area contributed by atoms with Gasteiger partial charge in [0.1, 0.15) is 16.4 Å². The van der Waals surface area contributed by atoms with Crippen LogP contribution < -0.4 is 9.46 Å². The van der Waals surface area contributed by atoms with Crippen LogP contribution in [0.1, 0.15) is 43.6 Å². The molecule has 0 amide bonds. The van der Waals surface area contributed by atoms with Gasteiger partial charge in [0.2, 0.25) is 10.0 Å². The van der Waals surface area contributed by atoms with Crippen molar-refractivity contribution in [2.45, 2.75) is 56.9 Å². The Kier molecular flexibility index (Phi) is 5.15. The molecule has 136 valence electrons. The third-order valence-electron chi connectivity index (χ3n) is 4.70. The summed E-state index contributed by atoms with van der Waals surface area (Å²) in [6, 6.07) is 5.13. The van der Waals surface area contributed by atoms with Gasteiger partial charge in [-0.25, -0.2) is 13.1 Å². The summed E-state index contributed by atoms with van der Waals surface area (Å²) >= 11 is 0. The number of aryl methyl sites for hydroxylation is 2. The lowest BCUT2D eigenvalue weighted by Crippen LogP contribution is -2.36. The Bertz CT molecular complexity index is 832. The Morgan fingerprint density at radius 2 is 1.92 bits per heavy atom. The van der Waals surface area contributed by atoms with E-state index in [0.717, 1.165) is 42.5 Å². The highest BCUT2D eigenvalue weighted by Gasteiger charge is 2.26. The quantitative estimate of drug-likeness (QED) is 0.877. The van der Waals surface area contributed by atoms with Crippen molar-refractivity contribution in [3.05, 3.63) is 29.7 Å². The average molecular weight is 364 g/mol. The molecule has 1 aromatic heterocycles. The molecule has 1 aromatic carbocycles. The molecule has 0 unspecified atom stereocenters. The van der Waals surface area contributed by atoms with Crippen molar-refractivity contribution >= 4 is 10.0 Å². The van der Waals surface area contributed by atoms with Gasteiger partial charge in [0.25, 0.3) is 0 Å². The number of aromatic nitrogens is 1. The summed E-state index contributed by atoms with van der Waals surface area (Å²) in [5, 5.41) is 3.95. The zero-order valence-electron chi connectivity index (χ0n) is 14.8. The molecule has 1 aliphatic rings. The van der Waals surface area contributed by atoms with Crippen molar-refractivity contribution in [2.24, 2.45) is 0 Å². The predicted octanol–water partition coefficient (Wildman–Crippen LogP) is 3.58. The number of hydrogen-bond acceptors (Lipinski definition) is 5. The highest BCUT2D eigenvalue weighted by molar-refractivity contribution is 7.89. The van der Waals surface area contributed by atoms with Gasteiger partial charge >= 0.3 is 0 Å². The van der Waals surface area contributed by atoms with Crippen molar-refractivity contribution in [2.75, 3.05) is 7.11 Å². The third-order valence-corrected chi connectivity index (χ3v) is 6.24. The predicted molar refractivity (Wildman–Crippen MR) is 95.2 cm³/mol. The zero-order valence-corrected chi connectivity index (χ0v) is 15.6. The average Bonchev–Trinajstić information content (AvgIpc) is 2.93. The molecule has 0 bridgehead atoms. The first-order valence-corrected chi connectivity index (χ1v) is 10.0. The summed E-state index contributed by atoms with van der Waals surface area (Å²) in [5.74, 6) is 0.991. The monoisotopic (exact) mass is 364 g/mol. The molecule has 1 saturated carbocycles. The number of sulfonamides is 1. The largest absolute Gasteiger partial charge is 0.495 e. The second-order valence-corrected chi connectivity index (χ2v) is 8.20. The molecule has 0 saturated heterocycles. The number of rotatable bonds is 5. The summed E-state index contributed by atoms with van der Waals surface area (Å²) in [7, 11) is -2.19. The van der Waals surface area contributed by atoms with Crippen LogP contribution >= 0.6 is 0 Å². The SMILES string of the molecule is COc1ccc(-c2c(C)noc2C)cc1S(=O)(=O)NC1CCCCC1. The van der Waals surface area contributed by atoms with E-state index in [1.165, 1.54) is 13.5 Å². The van der Waals surface area contributed by atoms with Gasteiger partial charge in [-0.15, -0.1) is 0 Å². The molecule has 7 heteroatoms. The molecule has 0 radical (unpaired) electrons. The van der Waals surface area contributed by atoms with Gasteiger partial charge < -0.3 is 9.26 Å². The lowest BCUT2D eigenvalue weighted by molar-refractivity contribution is 0.393. The molecule has 1 N–H and O–H groups in total. The highest BCUT2D eigenvalue weighted by atomic mass is 32.2. The second kappa shape index (κ2) is 7.17. The van der Waals surface area contributed by atoms with Crippen LogP contribution in [0.5, 0.6) is 5.75 Å². The standard InChI is InChI=1S/C18H24N2O4S/c1-12-18(13(2)24-19-12)14-9-10-16(23-3)17(11-14)25(21,22)20-15-7-5-4-6-8-15/h9-11,15,20H,4-8H2,1-3H3. The Morgan fingerprint density at radius 1 is 1.20 bits per heavy atom. The molecule has 2 aromatic rings. The van der Waals surface area contributed by atoms with Gasteiger partial charge in [-0.1, -0.05) is 30.5 Å².